The van der Waals surface area contributed by atoms with Crippen LogP contribution in [0.5, 0.6) is 11.6 Å². The van der Waals surface area contributed by atoms with E-state index in [-0.39, 0.29) is 0 Å². The Kier molecular flexibility index (Phi) is 3.60. The fourth-order valence-electron chi connectivity index (χ4n) is 1.18. The Hall–Kier alpha value is -0.880. The van der Waals surface area contributed by atoms with Gasteiger partial charge in [0.05, 0.1) is 5.69 Å². The maximum atomic E-state index is 5.84. The monoisotopic (exact) mass is 346 g/mol. The first-order valence-electron chi connectivity index (χ1n) is 4.58. The summed E-state index contributed by atoms with van der Waals surface area (Å²) < 4.78 is 6.52. The summed E-state index contributed by atoms with van der Waals surface area (Å²) in [6.45, 7) is 1.89. The lowest BCUT2D eigenvalue weighted by Crippen LogP contribution is -1.93. The quantitative estimate of drug-likeness (QED) is 0.612. The zero-order chi connectivity index (χ0) is 11.5. The SMILES string of the molecule is Cc1nc(I)ccc1Oc1cc(Cl)ccn1. The van der Waals surface area contributed by atoms with E-state index in [1.165, 1.54) is 0 Å². The van der Waals surface area contributed by atoms with Crippen LogP contribution in [-0.2, 0) is 0 Å². The number of pyridine rings is 2. The summed E-state index contributed by atoms with van der Waals surface area (Å²) in [7, 11) is 0. The number of halogens is 2. The van der Waals surface area contributed by atoms with Gasteiger partial charge in [-0.1, -0.05) is 11.6 Å². The molecule has 0 unspecified atom stereocenters. The average Bonchev–Trinajstić information content (AvgIpc) is 2.22. The lowest BCUT2D eigenvalue weighted by molar-refractivity contribution is 0.456. The van der Waals surface area contributed by atoms with E-state index in [4.69, 9.17) is 16.3 Å². The molecular formula is C11H8ClIN2O. The summed E-state index contributed by atoms with van der Waals surface area (Å²) in [5, 5.41) is 0.598. The Balaban J connectivity index is 2.27. The molecule has 0 amide bonds. The molecule has 0 bridgehead atoms. The van der Waals surface area contributed by atoms with E-state index in [0.29, 0.717) is 16.7 Å². The maximum absolute atomic E-state index is 5.84. The third-order valence-electron chi connectivity index (χ3n) is 1.91. The molecule has 2 rings (SSSR count). The zero-order valence-electron chi connectivity index (χ0n) is 8.45. The molecule has 0 fully saturated rings. The van der Waals surface area contributed by atoms with E-state index in [0.717, 1.165) is 9.39 Å². The van der Waals surface area contributed by atoms with Gasteiger partial charge in [-0.3, -0.25) is 0 Å². The Morgan fingerprint density at radius 3 is 2.81 bits per heavy atom. The van der Waals surface area contributed by atoms with Gasteiger partial charge in [0.1, 0.15) is 3.70 Å². The Morgan fingerprint density at radius 2 is 2.12 bits per heavy atom. The van der Waals surface area contributed by atoms with Crippen molar-refractivity contribution < 1.29 is 4.74 Å². The molecule has 0 aromatic carbocycles. The van der Waals surface area contributed by atoms with Gasteiger partial charge in [-0.2, -0.15) is 0 Å². The highest BCUT2D eigenvalue weighted by molar-refractivity contribution is 14.1. The molecule has 3 nitrogen and oxygen atoms in total. The molecule has 0 aliphatic carbocycles. The first kappa shape index (κ1) is 11.6. The maximum Gasteiger partial charge on any atom is 0.220 e. The predicted octanol–water partition coefficient (Wildman–Crippen LogP) is 3.84. The molecular weight excluding hydrogens is 338 g/mol. The number of aryl methyl sites for hydroxylation is 1. The highest BCUT2D eigenvalue weighted by Crippen LogP contribution is 2.24. The molecule has 0 aliphatic heterocycles. The van der Waals surface area contributed by atoms with Crippen LogP contribution in [0.3, 0.4) is 0 Å². The van der Waals surface area contributed by atoms with E-state index >= 15 is 0 Å². The van der Waals surface area contributed by atoms with Crippen molar-refractivity contribution >= 4 is 34.2 Å². The van der Waals surface area contributed by atoms with E-state index in [1.54, 1.807) is 18.3 Å². The van der Waals surface area contributed by atoms with Crippen molar-refractivity contribution in [2.45, 2.75) is 6.92 Å². The van der Waals surface area contributed by atoms with Crippen molar-refractivity contribution in [3.05, 3.63) is 44.9 Å². The standard InChI is InChI=1S/C11H8ClIN2O/c1-7-9(2-3-10(13)15-7)16-11-6-8(12)4-5-14-11/h2-6H,1H3. The predicted molar refractivity (Wildman–Crippen MR) is 71.0 cm³/mol. The second kappa shape index (κ2) is 4.97. The molecule has 0 saturated carbocycles. The van der Waals surface area contributed by atoms with Gasteiger partial charge in [0.15, 0.2) is 5.75 Å². The van der Waals surface area contributed by atoms with Crippen LogP contribution in [0.1, 0.15) is 5.69 Å². The van der Waals surface area contributed by atoms with Crippen LogP contribution < -0.4 is 4.74 Å². The van der Waals surface area contributed by atoms with Crippen LogP contribution in [0, 0.1) is 10.6 Å². The molecule has 0 N–H and O–H groups in total. The van der Waals surface area contributed by atoms with E-state index in [9.17, 15) is 0 Å². The smallest absolute Gasteiger partial charge is 0.220 e. The van der Waals surface area contributed by atoms with Gasteiger partial charge in [-0.25, -0.2) is 9.97 Å². The van der Waals surface area contributed by atoms with Crippen LogP contribution in [0.15, 0.2) is 30.5 Å². The molecule has 0 saturated heterocycles. The van der Waals surface area contributed by atoms with Gasteiger partial charge in [-0.15, -0.1) is 0 Å². The molecule has 0 spiro atoms. The molecule has 5 heteroatoms. The highest BCUT2D eigenvalue weighted by atomic mass is 127. The normalized spacial score (nSPS) is 10.2. The number of hydrogen-bond donors (Lipinski definition) is 0. The molecule has 2 heterocycles. The summed E-state index contributed by atoms with van der Waals surface area (Å²) >= 11 is 7.99. The van der Waals surface area contributed by atoms with E-state index in [2.05, 4.69) is 32.6 Å². The Labute approximate surface area is 112 Å². The first-order chi connectivity index (χ1) is 7.65. The van der Waals surface area contributed by atoms with Crippen molar-refractivity contribution in [1.29, 1.82) is 0 Å². The zero-order valence-corrected chi connectivity index (χ0v) is 11.4. The molecule has 0 aliphatic rings. The summed E-state index contributed by atoms with van der Waals surface area (Å²) in [5.74, 6) is 1.16. The van der Waals surface area contributed by atoms with Crippen molar-refractivity contribution in [3.63, 3.8) is 0 Å². The average molecular weight is 347 g/mol. The van der Waals surface area contributed by atoms with E-state index in [1.807, 2.05) is 19.1 Å². The van der Waals surface area contributed by atoms with Crippen LogP contribution in [0.4, 0.5) is 0 Å². The van der Waals surface area contributed by atoms with Gasteiger partial charge < -0.3 is 4.74 Å². The molecule has 0 radical (unpaired) electrons. The largest absolute Gasteiger partial charge is 0.437 e. The number of nitrogens with zero attached hydrogens (tertiary/aromatic N) is 2. The van der Waals surface area contributed by atoms with Crippen molar-refractivity contribution in [3.8, 4) is 11.6 Å². The Morgan fingerprint density at radius 1 is 1.31 bits per heavy atom. The molecule has 2 aromatic rings. The second-order valence-electron chi connectivity index (χ2n) is 3.13. The van der Waals surface area contributed by atoms with Gasteiger partial charge >= 0.3 is 0 Å². The number of aromatic nitrogens is 2. The fraction of sp³-hybridized carbons (Fsp3) is 0.0909. The van der Waals surface area contributed by atoms with Gasteiger partial charge in [0.25, 0.3) is 0 Å². The first-order valence-corrected chi connectivity index (χ1v) is 6.03. The lowest BCUT2D eigenvalue weighted by Gasteiger charge is -2.07. The summed E-state index contributed by atoms with van der Waals surface area (Å²) in [6.07, 6.45) is 1.60. The van der Waals surface area contributed by atoms with E-state index < -0.39 is 0 Å². The summed E-state index contributed by atoms with van der Waals surface area (Å²) in [6, 6.07) is 7.12. The van der Waals surface area contributed by atoms with Crippen molar-refractivity contribution in [2.24, 2.45) is 0 Å². The van der Waals surface area contributed by atoms with Crippen molar-refractivity contribution in [1.82, 2.24) is 9.97 Å². The lowest BCUT2D eigenvalue weighted by atomic mass is 10.3. The van der Waals surface area contributed by atoms with Gasteiger partial charge in [-0.05, 0) is 47.7 Å². The molecule has 82 valence electrons. The van der Waals surface area contributed by atoms with Gasteiger partial charge in [0, 0.05) is 17.3 Å². The molecule has 2 aromatic heterocycles. The number of hydrogen-bond acceptors (Lipinski definition) is 3. The van der Waals surface area contributed by atoms with Crippen molar-refractivity contribution in [2.75, 3.05) is 0 Å². The third kappa shape index (κ3) is 2.82. The summed E-state index contributed by atoms with van der Waals surface area (Å²) in [4.78, 5) is 8.36. The third-order valence-corrected chi connectivity index (χ3v) is 2.75. The minimum absolute atomic E-state index is 0.471. The van der Waals surface area contributed by atoms with Crippen LogP contribution in [0.25, 0.3) is 0 Å². The fourth-order valence-corrected chi connectivity index (χ4v) is 1.87. The number of ether oxygens (including phenoxy) is 1. The van der Waals surface area contributed by atoms with Gasteiger partial charge in [0.2, 0.25) is 5.88 Å². The number of rotatable bonds is 2. The highest BCUT2D eigenvalue weighted by Gasteiger charge is 2.04. The Bertz CT molecular complexity index is 519. The summed E-state index contributed by atoms with van der Waals surface area (Å²) in [5.41, 5.74) is 0.827. The van der Waals surface area contributed by atoms with Crippen LogP contribution >= 0.6 is 34.2 Å². The minimum atomic E-state index is 0.471. The van der Waals surface area contributed by atoms with Crippen LogP contribution in [0.2, 0.25) is 5.02 Å². The molecule has 0 atom stereocenters. The second-order valence-corrected chi connectivity index (χ2v) is 4.67. The topological polar surface area (TPSA) is 35.0 Å². The molecule has 16 heavy (non-hydrogen) atoms. The minimum Gasteiger partial charge on any atom is -0.437 e. The van der Waals surface area contributed by atoms with Crippen LogP contribution in [-0.4, -0.2) is 9.97 Å².